The van der Waals surface area contributed by atoms with Crippen molar-refractivity contribution in [3.63, 3.8) is 0 Å². The van der Waals surface area contributed by atoms with E-state index in [1.54, 1.807) is 6.92 Å². The Labute approximate surface area is 93.2 Å². The SMILES string of the molecule is Cc1nonc1N(C(=O)O)C1CCCCC1. The van der Waals surface area contributed by atoms with Crippen molar-refractivity contribution in [2.75, 3.05) is 4.90 Å². The number of carboxylic acid groups (broad SMARTS) is 1. The number of hydrogen-bond acceptors (Lipinski definition) is 4. The van der Waals surface area contributed by atoms with Gasteiger partial charge in [-0.25, -0.2) is 9.42 Å². The summed E-state index contributed by atoms with van der Waals surface area (Å²) < 4.78 is 4.56. The lowest BCUT2D eigenvalue weighted by atomic mass is 9.94. The van der Waals surface area contributed by atoms with Crippen molar-refractivity contribution in [3.05, 3.63) is 5.69 Å². The lowest BCUT2D eigenvalue weighted by Crippen LogP contribution is -2.41. The number of aryl methyl sites for hydroxylation is 1. The van der Waals surface area contributed by atoms with Gasteiger partial charge in [-0.05, 0) is 24.9 Å². The van der Waals surface area contributed by atoms with Crippen molar-refractivity contribution in [3.8, 4) is 0 Å². The van der Waals surface area contributed by atoms with Gasteiger partial charge in [0.05, 0.1) is 0 Å². The molecule has 0 spiro atoms. The smallest absolute Gasteiger partial charge is 0.413 e. The molecule has 0 saturated heterocycles. The fraction of sp³-hybridized carbons (Fsp3) is 0.700. The van der Waals surface area contributed by atoms with E-state index in [0.717, 1.165) is 25.7 Å². The highest BCUT2D eigenvalue weighted by Gasteiger charge is 2.30. The van der Waals surface area contributed by atoms with Gasteiger partial charge in [0.15, 0.2) is 0 Å². The molecule has 0 aromatic carbocycles. The summed E-state index contributed by atoms with van der Waals surface area (Å²) in [5.74, 6) is 0.333. The predicted octanol–water partition coefficient (Wildman–Crippen LogP) is 2.20. The summed E-state index contributed by atoms with van der Waals surface area (Å²) in [7, 11) is 0. The van der Waals surface area contributed by atoms with Gasteiger partial charge in [-0.15, -0.1) is 0 Å². The minimum atomic E-state index is -0.981. The molecule has 0 radical (unpaired) electrons. The Morgan fingerprint density at radius 2 is 2.06 bits per heavy atom. The second-order valence-corrected chi connectivity index (χ2v) is 4.12. The van der Waals surface area contributed by atoms with Crippen LogP contribution < -0.4 is 4.90 Å². The average Bonchev–Trinajstić information content (AvgIpc) is 2.66. The number of carbonyl (C=O) groups is 1. The summed E-state index contributed by atoms with van der Waals surface area (Å²) in [6, 6.07) is 0.0110. The number of nitrogens with zero attached hydrogens (tertiary/aromatic N) is 3. The summed E-state index contributed by atoms with van der Waals surface area (Å²) in [5, 5.41) is 16.5. The maximum atomic E-state index is 11.3. The summed E-state index contributed by atoms with van der Waals surface area (Å²) >= 11 is 0. The summed E-state index contributed by atoms with van der Waals surface area (Å²) in [4.78, 5) is 12.6. The predicted molar refractivity (Wildman–Crippen MR) is 56.4 cm³/mol. The first-order valence-electron chi connectivity index (χ1n) is 5.51. The highest BCUT2D eigenvalue weighted by atomic mass is 16.6. The molecule has 1 N–H and O–H groups in total. The Kier molecular flexibility index (Phi) is 3.07. The molecule has 1 amide bonds. The largest absolute Gasteiger partial charge is 0.465 e. The molecule has 6 heteroatoms. The average molecular weight is 225 g/mol. The number of hydrogen-bond donors (Lipinski definition) is 1. The molecule has 0 bridgehead atoms. The van der Waals surface area contributed by atoms with Gasteiger partial charge in [0.25, 0.3) is 0 Å². The molecule has 1 aliphatic rings. The molecule has 1 heterocycles. The van der Waals surface area contributed by atoms with E-state index >= 15 is 0 Å². The van der Waals surface area contributed by atoms with Crippen LogP contribution in [0.15, 0.2) is 4.63 Å². The van der Waals surface area contributed by atoms with Crippen LogP contribution in [0.5, 0.6) is 0 Å². The Bertz CT molecular complexity index is 371. The van der Waals surface area contributed by atoms with Gasteiger partial charge in [-0.2, -0.15) is 0 Å². The molecule has 16 heavy (non-hydrogen) atoms. The van der Waals surface area contributed by atoms with Crippen LogP contribution in [0.25, 0.3) is 0 Å². The normalized spacial score (nSPS) is 17.3. The minimum absolute atomic E-state index is 0.0110. The van der Waals surface area contributed by atoms with E-state index in [-0.39, 0.29) is 6.04 Å². The van der Waals surface area contributed by atoms with Crippen LogP contribution >= 0.6 is 0 Å². The van der Waals surface area contributed by atoms with E-state index in [4.69, 9.17) is 0 Å². The fourth-order valence-corrected chi connectivity index (χ4v) is 2.20. The molecule has 1 aliphatic carbocycles. The van der Waals surface area contributed by atoms with Gasteiger partial charge in [-0.3, -0.25) is 4.90 Å². The lowest BCUT2D eigenvalue weighted by Gasteiger charge is -2.30. The van der Waals surface area contributed by atoms with Gasteiger partial charge in [-0.1, -0.05) is 24.4 Å². The highest BCUT2D eigenvalue weighted by molar-refractivity contribution is 5.85. The maximum Gasteiger partial charge on any atom is 0.413 e. The first-order valence-corrected chi connectivity index (χ1v) is 5.51. The van der Waals surface area contributed by atoms with Crippen LogP contribution in [0.2, 0.25) is 0 Å². The fourth-order valence-electron chi connectivity index (χ4n) is 2.20. The first kappa shape index (κ1) is 10.9. The number of aromatic nitrogens is 2. The van der Waals surface area contributed by atoms with E-state index in [0.29, 0.717) is 11.5 Å². The zero-order chi connectivity index (χ0) is 11.5. The van der Waals surface area contributed by atoms with Gasteiger partial charge in [0, 0.05) is 6.04 Å². The van der Waals surface area contributed by atoms with Crippen molar-refractivity contribution in [2.45, 2.75) is 45.1 Å². The topological polar surface area (TPSA) is 79.5 Å². The van der Waals surface area contributed by atoms with E-state index in [9.17, 15) is 9.90 Å². The quantitative estimate of drug-likeness (QED) is 0.834. The number of amides is 1. The molecule has 1 aromatic heterocycles. The van der Waals surface area contributed by atoms with Crippen molar-refractivity contribution in [1.29, 1.82) is 0 Å². The van der Waals surface area contributed by atoms with E-state index < -0.39 is 6.09 Å². The minimum Gasteiger partial charge on any atom is -0.465 e. The third-order valence-electron chi connectivity index (χ3n) is 3.00. The molecular weight excluding hydrogens is 210 g/mol. The lowest BCUT2D eigenvalue weighted by molar-refractivity contribution is 0.195. The van der Waals surface area contributed by atoms with E-state index in [1.165, 1.54) is 11.3 Å². The maximum absolute atomic E-state index is 11.3. The van der Waals surface area contributed by atoms with E-state index in [2.05, 4.69) is 14.9 Å². The monoisotopic (exact) mass is 225 g/mol. The van der Waals surface area contributed by atoms with Crippen molar-refractivity contribution >= 4 is 11.9 Å². The Morgan fingerprint density at radius 1 is 1.38 bits per heavy atom. The summed E-state index contributed by atoms with van der Waals surface area (Å²) in [6.45, 7) is 1.70. The third-order valence-corrected chi connectivity index (χ3v) is 3.00. The highest BCUT2D eigenvalue weighted by Crippen LogP contribution is 2.27. The van der Waals surface area contributed by atoms with Crippen molar-refractivity contribution in [1.82, 2.24) is 10.3 Å². The van der Waals surface area contributed by atoms with Gasteiger partial charge >= 0.3 is 6.09 Å². The van der Waals surface area contributed by atoms with Crippen LogP contribution in [0, 0.1) is 6.92 Å². The molecule has 0 aliphatic heterocycles. The molecule has 0 unspecified atom stereocenters. The zero-order valence-corrected chi connectivity index (χ0v) is 9.22. The number of rotatable bonds is 2. The van der Waals surface area contributed by atoms with Gasteiger partial charge < -0.3 is 5.11 Å². The second kappa shape index (κ2) is 4.51. The first-order chi connectivity index (χ1) is 7.70. The van der Waals surface area contributed by atoms with Crippen molar-refractivity contribution in [2.24, 2.45) is 0 Å². The molecule has 1 fully saturated rings. The van der Waals surface area contributed by atoms with Crippen LogP contribution in [-0.4, -0.2) is 27.6 Å². The second-order valence-electron chi connectivity index (χ2n) is 4.12. The van der Waals surface area contributed by atoms with Gasteiger partial charge in [0.2, 0.25) is 5.82 Å². The van der Waals surface area contributed by atoms with Crippen LogP contribution in [0.3, 0.4) is 0 Å². The Hall–Kier alpha value is -1.59. The van der Waals surface area contributed by atoms with Crippen LogP contribution in [0.1, 0.15) is 37.8 Å². The van der Waals surface area contributed by atoms with Crippen LogP contribution in [0.4, 0.5) is 10.6 Å². The molecule has 2 rings (SSSR count). The Morgan fingerprint density at radius 3 is 2.56 bits per heavy atom. The zero-order valence-electron chi connectivity index (χ0n) is 9.22. The summed E-state index contributed by atoms with van der Waals surface area (Å²) in [5.41, 5.74) is 0.521. The standard InChI is InChI=1S/C10H15N3O3/c1-7-9(12-16-11-7)13(10(14)15)8-5-3-2-4-6-8/h8H,2-6H2,1H3,(H,14,15). The molecule has 88 valence electrons. The molecule has 0 atom stereocenters. The molecular formula is C10H15N3O3. The van der Waals surface area contributed by atoms with E-state index in [1.807, 2.05) is 0 Å². The summed E-state index contributed by atoms with van der Waals surface area (Å²) in [6.07, 6.45) is 4.11. The number of anilines is 1. The van der Waals surface area contributed by atoms with Crippen molar-refractivity contribution < 1.29 is 14.5 Å². The Balaban J connectivity index is 2.23. The molecule has 1 saturated carbocycles. The molecule has 6 nitrogen and oxygen atoms in total. The van der Waals surface area contributed by atoms with Crippen LogP contribution in [-0.2, 0) is 0 Å². The van der Waals surface area contributed by atoms with Gasteiger partial charge in [0.1, 0.15) is 5.69 Å². The molecule has 1 aromatic rings. The third kappa shape index (κ3) is 2.00.